The van der Waals surface area contributed by atoms with Crippen molar-refractivity contribution >= 4 is 66.9 Å². The molecule has 32 heavy (non-hydrogen) atoms. The van der Waals surface area contributed by atoms with Crippen molar-refractivity contribution in [2.24, 2.45) is 0 Å². The van der Waals surface area contributed by atoms with Crippen molar-refractivity contribution < 1.29 is 19.5 Å². The van der Waals surface area contributed by atoms with Gasteiger partial charge in [-0.2, -0.15) is 4.68 Å². The maximum absolute atomic E-state index is 12.8. The Bertz CT molecular complexity index is 1320. The lowest BCUT2D eigenvalue weighted by Gasteiger charge is -2.19. The third-order valence-corrected chi connectivity index (χ3v) is 6.15. The number of hydrogen-bond donors (Lipinski definition) is 3. The normalized spacial score (nSPS) is 10.7. The summed E-state index contributed by atoms with van der Waals surface area (Å²) in [4.78, 5) is 37.5. The summed E-state index contributed by atoms with van der Waals surface area (Å²) < 4.78 is 1.56. The number of aromatic nitrogens is 2. The molecule has 9 nitrogen and oxygen atoms in total. The third-order valence-electron chi connectivity index (χ3n) is 4.52. The zero-order valence-corrected chi connectivity index (χ0v) is 19.0. The number of halogens is 1. The minimum atomic E-state index is -1.32. The summed E-state index contributed by atoms with van der Waals surface area (Å²) in [7, 11) is 1.70. The lowest BCUT2D eigenvalue weighted by atomic mass is 10.2. The van der Waals surface area contributed by atoms with Crippen LogP contribution < -0.4 is 15.8 Å². The summed E-state index contributed by atoms with van der Waals surface area (Å²) in [6.07, 6.45) is -1.32. The van der Waals surface area contributed by atoms with Crippen LogP contribution in [0.2, 0.25) is 0 Å². The van der Waals surface area contributed by atoms with E-state index in [4.69, 9.17) is 0 Å². The summed E-state index contributed by atoms with van der Waals surface area (Å²) >= 11 is 4.28. The van der Waals surface area contributed by atoms with E-state index in [1.807, 2.05) is 30.3 Å². The standard InChI is InChI=1S/C21H16BrN5O4S/c1-26(14-5-3-2-4-6-14)25-19(29)16-11-15-17(24-27(21(30)31)20(15)32-16)23-18(28)12-7-9-13(22)10-8-12/h2-11H,1H3,(H,25,29)(H,30,31)(H,23,24,28). The molecule has 0 unspecified atom stereocenters. The van der Waals surface area contributed by atoms with Gasteiger partial charge in [-0.05, 0) is 42.5 Å². The highest BCUT2D eigenvalue weighted by Gasteiger charge is 2.23. The maximum Gasteiger partial charge on any atom is 0.433 e. The number of carbonyl (C=O) groups is 3. The van der Waals surface area contributed by atoms with Gasteiger partial charge in [-0.15, -0.1) is 16.4 Å². The van der Waals surface area contributed by atoms with E-state index in [2.05, 4.69) is 31.8 Å². The van der Waals surface area contributed by atoms with Crippen molar-refractivity contribution in [1.29, 1.82) is 0 Å². The highest BCUT2D eigenvalue weighted by molar-refractivity contribution is 9.10. The van der Waals surface area contributed by atoms with Gasteiger partial charge in [-0.25, -0.2) is 4.79 Å². The molecule has 0 saturated heterocycles. The van der Waals surface area contributed by atoms with Gasteiger partial charge in [0.15, 0.2) is 5.82 Å². The number of nitrogens with zero attached hydrogens (tertiary/aromatic N) is 3. The molecule has 0 atom stereocenters. The smallest absolute Gasteiger partial charge is 0.433 e. The molecule has 2 aromatic heterocycles. The fourth-order valence-corrected chi connectivity index (χ4v) is 4.20. The minimum Gasteiger partial charge on any atom is -0.463 e. The van der Waals surface area contributed by atoms with E-state index in [1.165, 1.54) is 6.07 Å². The molecule has 0 fully saturated rings. The van der Waals surface area contributed by atoms with Crippen molar-refractivity contribution in [3.63, 3.8) is 0 Å². The van der Waals surface area contributed by atoms with Crippen LogP contribution in [0.15, 0.2) is 65.1 Å². The Balaban J connectivity index is 1.62. The Kier molecular flexibility index (Phi) is 5.93. The van der Waals surface area contributed by atoms with Crippen molar-refractivity contribution in [2.75, 3.05) is 17.4 Å². The van der Waals surface area contributed by atoms with Gasteiger partial charge in [0, 0.05) is 17.1 Å². The second kappa shape index (κ2) is 8.81. The van der Waals surface area contributed by atoms with Crippen LogP contribution in [-0.2, 0) is 0 Å². The van der Waals surface area contributed by atoms with Gasteiger partial charge in [0.1, 0.15) is 4.83 Å². The van der Waals surface area contributed by atoms with Crippen molar-refractivity contribution in [3.05, 3.63) is 75.6 Å². The number of amides is 2. The zero-order valence-electron chi connectivity index (χ0n) is 16.6. The van der Waals surface area contributed by atoms with Gasteiger partial charge in [-0.1, -0.05) is 34.1 Å². The predicted octanol–water partition coefficient (Wildman–Crippen LogP) is 4.42. The fraction of sp³-hybridized carbons (Fsp3) is 0.0476. The van der Waals surface area contributed by atoms with E-state index < -0.39 is 17.9 Å². The van der Waals surface area contributed by atoms with Crippen LogP contribution in [-0.4, -0.2) is 39.8 Å². The summed E-state index contributed by atoms with van der Waals surface area (Å²) in [6, 6.07) is 17.4. The average Bonchev–Trinajstić information content (AvgIpc) is 3.35. The molecule has 4 rings (SSSR count). The van der Waals surface area contributed by atoms with Crippen molar-refractivity contribution in [3.8, 4) is 0 Å². The van der Waals surface area contributed by atoms with Gasteiger partial charge < -0.3 is 10.4 Å². The Morgan fingerprint density at radius 1 is 1.06 bits per heavy atom. The molecule has 2 heterocycles. The van der Waals surface area contributed by atoms with Crippen LogP contribution in [0, 0.1) is 0 Å². The lowest BCUT2D eigenvalue weighted by molar-refractivity contribution is 0.0954. The molecule has 11 heteroatoms. The Morgan fingerprint density at radius 3 is 2.41 bits per heavy atom. The third kappa shape index (κ3) is 4.34. The molecule has 0 saturated carbocycles. The van der Waals surface area contributed by atoms with E-state index in [0.29, 0.717) is 10.9 Å². The first-order valence-corrected chi connectivity index (χ1v) is 10.9. The van der Waals surface area contributed by atoms with Crippen LogP contribution in [0.25, 0.3) is 10.2 Å². The Morgan fingerprint density at radius 2 is 1.75 bits per heavy atom. The fourth-order valence-electron chi connectivity index (χ4n) is 2.95. The Hall–Kier alpha value is -3.70. The number of rotatable bonds is 5. The molecular weight excluding hydrogens is 498 g/mol. The molecule has 2 aromatic carbocycles. The van der Waals surface area contributed by atoms with Gasteiger partial charge in [-0.3, -0.25) is 20.0 Å². The number of para-hydroxylation sites is 1. The highest BCUT2D eigenvalue weighted by atomic mass is 79.9. The topological polar surface area (TPSA) is 117 Å². The van der Waals surface area contributed by atoms with Gasteiger partial charge in [0.25, 0.3) is 11.8 Å². The van der Waals surface area contributed by atoms with E-state index in [9.17, 15) is 19.5 Å². The van der Waals surface area contributed by atoms with E-state index in [1.54, 1.807) is 36.3 Å². The number of benzene rings is 2. The molecule has 2 amide bonds. The minimum absolute atomic E-state index is 0.0574. The van der Waals surface area contributed by atoms with Crippen molar-refractivity contribution in [1.82, 2.24) is 15.2 Å². The summed E-state index contributed by atoms with van der Waals surface area (Å²) in [6.45, 7) is 0. The average molecular weight is 514 g/mol. The first-order valence-electron chi connectivity index (χ1n) is 9.26. The molecule has 0 aliphatic heterocycles. The number of fused-ring (bicyclic) bond motifs is 1. The number of hydrogen-bond acceptors (Lipinski definition) is 6. The highest BCUT2D eigenvalue weighted by Crippen LogP contribution is 2.32. The number of hydrazine groups is 1. The molecule has 0 spiro atoms. The lowest BCUT2D eigenvalue weighted by Crippen LogP contribution is -2.38. The van der Waals surface area contributed by atoms with E-state index in [-0.39, 0.29) is 15.5 Å². The predicted molar refractivity (Wildman–Crippen MR) is 125 cm³/mol. The second-order valence-corrected chi connectivity index (χ2v) is 8.62. The van der Waals surface area contributed by atoms with Crippen LogP contribution >= 0.6 is 27.3 Å². The molecule has 4 aromatic rings. The van der Waals surface area contributed by atoms with Crippen molar-refractivity contribution in [2.45, 2.75) is 0 Å². The largest absolute Gasteiger partial charge is 0.463 e. The molecule has 0 aliphatic rings. The maximum atomic E-state index is 12.8. The molecule has 0 radical (unpaired) electrons. The number of carboxylic acid groups (broad SMARTS) is 1. The zero-order chi connectivity index (χ0) is 22.8. The van der Waals surface area contributed by atoms with E-state index >= 15 is 0 Å². The summed E-state index contributed by atoms with van der Waals surface area (Å²) in [5.74, 6) is -0.808. The van der Waals surface area contributed by atoms with Gasteiger partial charge >= 0.3 is 6.09 Å². The summed E-state index contributed by atoms with van der Waals surface area (Å²) in [5.41, 5.74) is 3.90. The Labute approximate surface area is 194 Å². The molecular formula is C21H16BrN5O4S. The molecule has 0 bridgehead atoms. The quantitative estimate of drug-likeness (QED) is 0.340. The molecule has 3 N–H and O–H groups in total. The van der Waals surface area contributed by atoms with Gasteiger partial charge in [0.05, 0.1) is 16.0 Å². The monoisotopic (exact) mass is 513 g/mol. The van der Waals surface area contributed by atoms with Crippen LogP contribution in [0.4, 0.5) is 16.3 Å². The van der Waals surface area contributed by atoms with Crippen LogP contribution in [0.5, 0.6) is 0 Å². The molecule has 162 valence electrons. The number of thiophene rings is 1. The number of nitrogens with one attached hydrogen (secondary N) is 2. The number of carbonyl (C=O) groups excluding carboxylic acids is 2. The second-order valence-electron chi connectivity index (χ2n) is 6.67. The molecule has 0 aliphatic carbocycles. The van der Waals surface area contributed by atoms with Crippen LogP contribution in [0.3, 0.4) is 0 Å². The first kappa shape index (κ1) is 21.5. The summed E-state index contributed by atoms with van der Waals surface area (Å²) in [5, 5.41) is 18.0. The van der Waals surface area contributed by atoms with Gasteiger partial charge in [0.2, 0.25) is 0 Å². The number of anilines is 2. The van der Waals surface area contributed by atoms with E-state index in [0.717, 1.165) is 26.2 Å². The van der Waals surface area contributed by atoms with Crippen LogP contribution in [0.1, 0.15) is 20.0 Å². The first-order chi connectivity index (χ1) is 15.3. The SMILES string of the molecule is CN(NC(=O)c1cc2c(NC(=O)c3ccc(Br)cc3)nn(C(=O)O)c2s1)c1ccccc1.